The van der Waals surface area contributed by atoms with Crippen molar-refractivity contribution in [2.75, 3.05) is 11.4 Å². The Balaban J connectivity index is 1.93. The van der Waals surface area contributed by atoms with E-state index in [0.717, 1.165) is 29.5 Å². The molecule has 0 bridgehead atoms. The number of pyridine rings is 1. The summed E-state index contributed by atoms with van der Waals surface area (Å²) >= 11 is 6.11. The molecule has 1 aliphatic rings. The van der Waals surface area contributed by atoms with Gasteiger partial charge < -0.3 is 4.90 Å². The van der Waals surface area contributed by atoms with Crippen LogP contribution in [0.15, 0.2) is 42.5 Å². The predicted octanol–water partition coefficient (Wildman–Crippen LogP) is 4.38. The molecule has 3 rings (SSSR count). The Hall–Kier alpha value is -1.54. The molecule has 98 valence electrons. The number of aromatic nitrogens is 1. The SMILES string of the molecule is Cc1cccc(N2CCCC2c2cccc(Cl)c2)n1. The fourth-order valence-corrected chi connectivity index (χ4v) is 2.99. The molecule has 0 N–H and O–H groups in total. The maximum Gasteiger partial charge on any atom is 0.129 e. The van der Waals surface area contributed by atoms with E-state index in [-0.39, 0.29) is 0 Å². The molecule has 0 radical (unpaired) electrons. The van der Waals surface area contributed by atoms with E-state index in [2.05, 4.69) is 34.1 Å². The van der Waals surface area contributed by atoms with Crippen molar-refractivity contribution in [2.45, 2.75) is 25.8 Å². The number of nitrogens with zero attached hydrogens (tertiary/aromatic N) is 2. The molecule has 1 unspecified atom stereocenters. The fourth-order valence-electron chi connectivity index (χ4n) is 2.79. The average Bonchev–Trinajstić information content (AvgIpc) is 2.88. The van der Waals surface area contributed by atoms with Gasteiger partial charge in [0, 0.05) is 17.3 Å². The van der Waals surface area contributed by atoms with E-state index in [9.17, 15) is 0 Å². The van der Waals surface area contributed by atoms with Gasteiger partial charge >= 0.3 is 0 Å². The van der Waals surface area contributed by atoms with Crippen LogP contribution in [-0.2, 0) is 0 Å². The quantitative estimate of drug-likeness (QED) is 0.806. The summed E-state index contributed by atoms with van der Waals surface area (Å²) in [6, 6.07) is 14.8. The van der Waals surface area contributed by atoms with Crippen molar-refractivity contribution in [2.24, 2.45) is 0 Å². The highest BCUT2D eigenvalue weighted by molar-refractivity contribution is 6.30. The summed E-state index contributed by atoms with van der Waals surface area (Å²) in [5.74, 6) is 1.07. The summed E-state index contributed by atoms with van der Waals surface area (Å²) in [6.45, 7) is 3.10. The molecule has 0 aliphatic carbocycles. The van der Waals surface area contributed by atoms with Crippen LogP contribution in [0.2, 0.25) is 5.02 Å². The maximum absolute atomic E-state index is 6.11. The molecule has 2 heterocycles. The van der Waals surface area contributed by atoms with Crippen molar-refractivity contribution in [1.29, 1.82) is 0 Å². The first kappa shape index (κ1) is 12.5. The summed E-state index contributed by atoms with van der Waals surface area (Å²) in [5.41, 5.74) is 2.35. The summed E-state index contributed by atoms with van der Waals surface area (Å²) in [4.78, 5) is 7.03. The van der Waals surface area contributed by atoms with Gasteiger partial charge in [0.15, 0.2) is 0 Å². The molecule has 1 fully saturated rings. The minimum absolute atomic E-state index is 0.396. The van der Waals surface area contributed by atoms with Crippen LogP contribution in [0, 0.1) is 6.92 Å². The highest BCUT2D eigenvalue weighted by Gasteiger charge is 2.27. The second kappa shape index (κ2) is 5.22. The third-order valence-electron chi connectivity index (χ3n) is 3.65. The minimum Gasteiger partial charge on any atom is -0.350 e. The van der Waals surface area contributed by atoms with Crippen LogP contribution < -0.4 is 4.90 Å². The average molecular weight is 273 g/mol. The summed E-state index contributed by atoms with van der Waals surface area (Å²) in [5, 5.41) is 0.807. The molecule has 0 amide bonds. The van der Waals surface area contributed by atoms with E-state index >= 15 is 0 Å². The van der Waals surface area contributed by atoms with Crippen molar-refractivity contribution < 1.29 is 0 Å². The largest absolute Gasteiger partial charge is 0.350 e. The third kappa shape index (κ3) is 2.59. The fraction of sp³-hybridized carbons (Fsp3) is 0.312. The van der Waals surface area contributed by atoms with Crippen LogP contribution in [0.4, 0.5) is 5.82 Å². The van der Waals surface area contributed by atoms with Crippen molar-refractivity contribution in [3.8, 4) is 0 Å². The number of halogens is 1. The van der Waals surface area contributed by atoms with E-state index in [0.29, 0.717) is 6.04 Å². The van der Waals surface area contributed by atoms with Crippen molar-refractivity contribution >= 4 is 17.4 Å². The summed E-state index contributed by atoms with van der Waals surface area (Å²) in [7, 11) is 0. The zero-order valence-electron chi connectivity index (χ0n) is 11.0. The standard InChI is InChI=1S/C16H17ClN2/c1-12-5-2-9-16(18-12)19-10-4-8-15(19)13-6-3-7-14(17)11-13/h2-3,5-7,9,11,15H,4,8,10H2,1H3. The topological polar surface area (TPSA) is 16.1 Å². The number of benzene rings is 1. The lowest BCUT2D eigenvalue weighted by atomic mass is 10.0. The first-order chi connectivity index (χ1) is 9.24. The van der Waals surface area contributed by atoms with E-state index in [1.54, 1.807) is 0 Å². The molecule has 3 heteroatoms. The lowest BCUT2D eigenvalue weighted by Crippen LogP contribution is -2.23. The lowest BCUT2D eigenvalue weighted by Gasteiger charge is -2.26. The molecule has 1 aliphatic heterocycles. The molecule has 1 aromatic carbocycles. The van der Waals surface area contributed by atoms with Gasteiger partial charge in [-0.2, -0.15) is 0 Å². The Bertz CT molecular complexity index is 531. The Morgan fingerprint density at radius 1 is 1.21 bits per heavy atom. The number of hydrogen-bond acceptors (Lipinski definition) is 2. The van der Waals surface area contributed by atoms with Crippen molar-refractivity contribution in [3.05, 3.63) is 58.7 Å². The Labute approximate surface area is 119 Å². The van der Waals surface area contributed by atoms with E-state index < -0.39 is 0 Å². The zero-order valence-corrected chi connectivity index (χ0v) is 11.8. The highest BCUT2D eigenvalue weighted by atomic mass is 35.5. The number of hydrogen-bond donors (Lipinski definition) is 0. The van der Waals surface area contributed by atoms with Gasteiger partial charge in [-0.3, -0.25) is 0 Å². The molecule has 1 aromatic heterocycles. The van der Waals surface area contributed by atoms with Gasteiger partial charge in [-0.15, -0.1) is 0 Å². The Kier molecular flexibility index (Phi) is 3.43. The van der Waals surface area contributed by atoms with Crippen LogP contribution >= 0.6 is 11.6 Å². The van der Waals surface area contributed by atoms with Crippen LogP contribution in [0.5, 0.6) is 0 Å². The van der Waals surface area contributed by atoms with E-state index in [1.807, 2.05) is 25.1 Å². The van der Waals surface area contributed by atoms with Crippen LogP contribution in [0.25, 0.3) is 0 Å². The molecular weight excluding hydrogens is 256 g/mol. The van der Waals surface area contributed by atoms with Gasteiger partial charge in [0.05, 0.1) is 6.04 Å². The van der Waals surface area contributed by atoms with E-state index in [4.69, 9.17) is 11.6 Å². The Morgan fingerprint density at radius 3 is 2.84 bits per heavy atom. The first-order valence-corrected chi connectivity index (χ1v) is 7.07. The second-order valence-electron chi connectivity index (χ2n) is 5.04. The molecular formula is C16H17ClN2. The summed E-state index contributed by atoms with van der Waals surface area (Å²) in [6.07, 6.45) is 2.36. The molecule has 1 atom stereocenters. The van der Waals surface area contributed by atoms with Gasteiger partial charge in [-0.05, 0) is 49.6 Å². The molecule has 0 spiro atoms. The molecule has 1 saturated heterocycles. The smallest absolute Gasteiger partial charge is 0.129 e. The van der Waals surface area contributed by atoms with Crippen LogP contribution in [0.3, 0.4) is 0 Å². The van der Waals surface area contributed by atoms with Gasteiger partial charge in [-0.1, -0.05) is 29.8 Å². The maximum atomic E-state index is 6.11. The van der Waals surface area contributed by atoms with Crippen LogP contribution in [0.1, 0.15) is 30.1 Å². The molecule has 0 saturated carbocycles. The number of aryl methyl sites for hydroxylation is 1. The second-order valence-corrected chi connectivity index (χ2v) is 5.48. The zero-order chi connectivity index (χ0) is 13.2. The number of rotatable bonds is 2. The molecule has 19 heavy (non-hydrogen) atoms. The third-order valence-corrected chi connectivity index (χ3v) is 3.89. The van der Waals surface area contributed by atoms with E-state index in [1.165, 1.54) is 12.0 Å². The van der Waals surface area contributed by atoms with Crippen molar-refractivity contribution in [3.63, 3.8) is 0 Å². The number of anilines is 1. The highest BCUT2D eigenvalue weighted by Crippen LogP contribution is 2.35. The minimum atomic E-state index is 0.396. The first-order valence-electron chi connectivity index (χ1n) is 6.70. The molecule has 2 aromatic rings. The van der Waals surface area contributed by atoms with Gasteiger partial charge in [0.2, 0.25) is 0 Å². The van der Waals surface area contributed by atoms with Gasteiger partial charge in [0.1, 0.15) is 5.82 Å². The van der Waals surface area contributed by atoms with Gasteiger partial charge in [-0.25, -0.2) is 4.98 Å². The normalized spacial score (nSPS) is 18.8. The lowest BCUT2D eigenvalue weighted by molar-refractivity contribution is 0.711. The molecule has 2 nitrogen and oxygen atoms in total. The van der Waals surface area contributed by atoms with Crippen molar-refractivity contribution in [1.82, 2.24) is 4.98 Å². The van der Waals surface area contributed by atoms with Gasteiger partial charge in [0.25, 0.3) is 0 Å². The summed E-state index contributed by atoms with van der Waals surface area (Å²) < 4.78 is 0. The predicted molar refractivity (Wildman–Crippen MR) is 79.7 cm³/mol. The monoisotopic (exact) mass is 272 g/mol. The Morgan fingerprint density at radius 2 is 2.05 bits per heavy atom. The van der Waals surface area contributed by atoms with Crippen LogP contribution in [-0.4, -0.2) is 11.5 Å².